The van der Waals surface area contributed by atoms with Crippen LogP contribution in [0.5, 0.6) is 5.75 Å². The van der Waals surface area contributed by atoms with Crippen molar-refractivity contribution < 1.29 is 22.7 Å². The van der Waals surface area contributed by atoms with Crippen LogP contribution in [-0.2, 0) is 14.8 Å². The van der Waals surface area contributed by atoms with Gasteiger partial charge in [0.2, 0.25) is 15.9 Å². The number of amidine groups is 1. The fraction of sp³-hybridized carbons (Fsp3) is 0.487. The number of rotatable bonds is 11. The molecule has 2 heterocycles. The highest BCUT2D eigenvalue weighted by atomic mass is 35.5. The van der Waals surface area contributed by atoms with E-state index >= 15 is 4.79 Å². The summed E-state index contributed by atoms with van der Waals surface area (Å²) in [6.07, 6.45) is 6.62. The van der Waals surface area contributed by atoms with Gasteiger partial charge in [-0.15, -0.1) is 0 Å². The summed E-state index contributed by atoms with van der Waals surface area (Å²) in [5.74, 6) is 0.469. The Bertz CT molecular complexity index is 1960. The van der Waals surface area contributed by atoms with E-state index in [1.807, 2.05) is 42.2 Å². The Hall–Kier alpha value is -3.93. The summed E-state index contributed by atoms with van der Waals surface area (Å²) in [6, 6.07) is 11.3. The molecule has 1 saturated heterocycles. The number of allylic oxidation sites excluding steroid dienone is 3. The number of hydrogen-bond donors (Lipinski definition) is 1. The van der Waals surface area contributed by atoms with Gasteiger partial charge in [0, 0.05) is 61.3 Å². The number of nitriles is 1. The third-order valence-corrected chi connectivity index (χ3v) is 12.0. The lowest BCUT2D eigenvalue weighted by Crippen LogP contribution is -2.55. The van der Waals surface area contributed by atoms with Crippen LogP contribution in [0.25, 0.3) is 0 Å². The van der Waals surface area contributed by atoms with E-state index in [2.05, 4.69) is 10.8 Å². The molecule has 3 aliphatic rings. The predicted octanol–water partition coefficient (Wildman–Crippen LogP) is 6.10. The minimum Gasteiger partial charge on any atom is -0.493 e. The molecule has 2 aliphatic heterocycles. The summed E-state index contributed by atoms with van der Waals surface area (Å²) < 4.78 is 36.6. The van der Waals surface area contributed by atoms with Crippen LogP contribution in [0.15, 0.2) is 69.5 Å². The number of nitrogens with one attached hydrogen (secondary N) is 1. The van der Waals surface area contributed by atoms with Crippen molar-refractivity contribution in [1.29, 1.82) is 5.26 Å². The summed E-state index contributed by atoms with van der Waals surface area (Å²) in [6.45, 7) is 11.3. The number of carbonyl (C=O) groups excluding carboxylic acids is 2. The van der Waals surface area contributed by atoms with Crippen molar-refractivity contribution in [2.24, 2.45) is 10.9 Å². The molecule has 12 nitrogen and oxygen atoms in total. The first kappa shape index (κ1) is 41.2. The van der Waals surface area contributed by atoms with E-state index in [-0.39, 0.29) is 35.7 Å². The van der Waals surface area contributed by atoms with Gasteiger partial charge in [-0.2, -0.15) is 5.26 Å². The van der Waals surface area contributed by atoms with Crippen molar-refractivity contribution in [1.82, 2.24) is 24.3 Å². The van der Waals surface area contributed by atoms with Crippen LogP contribution in [-0.4, -0.2) is 110 Å². The summed E-state index contributed by atoms with van der Waals surface area (Å²) in [4.78, 5) is 40.3. The molecule has 1 aliphatic carbocycles. The number of benzene rings is 2. The van der Waals surface area contributed by atoms with Crippen molar-refractivity contribution in [3.8, 4) is 11.8 Å². The quantitative estimate of drug-likeness (QED) is 0.290. The Morgan fingerprint density at radius 1 is 1.11 bits per heavy atom. The number of aliphatic imine (C=N–C) groups is 1. The van der Waals surface area contributed by atoms with E-state index in [0.717, 1.165) is 5.56 Å². The maximum Gasteiger partial charge on any atom is 0.326 e. The molecular weight excluding hydrogens is 749 g/mol. The average Bonchev–Trinajstić information content (AvgIpc) is 3.50. The number of likely N-dealkylation sites (N-methyl/N-ethyl adjacent to an activating group) is 1. The summed E-state index contributed by atoms with van der Waals surface area (Å²) in [5.41, 5.74) is 0.926. The molecule has 0 spiro atoms. The molecule has 0 aromatic heterocycles. The zero-order valence-electron chi connectivity index (χ0n) is 31.7. The molecule has 0 saturated carbocycles. The van der Waals surface area contributed by atoms with Gasteiger partial charge in [-0.25, -0.2) is 17.9 Å². The van der Waals surface area contributed by atoms with Gasteiger partial charge in [0.25, 0.3) is 0 Å². The number of amides is 3. The molecule has 0 radical (unpaired) electrons. The number of carbonyl (C=O) groups is 2. The largest absolute Gasteiger partial charge is 0.493 e. The second-order valence-corrected chi connectivity index (χ2v) is 17.4. The maximum absolute atomic E-state index is 15.1. The van der Waals surface area contributed by atoms with Crippen molar-refractivity contribution in [3.63, 3.8) is 0 Å². The fourth-order valence-corrected chi connectivity index (χ4v) is 8.89. The second-order valence-electron chi connectivity index (χ2n) is 14.8. The van der Waals surface area contributed by atoms with Gasteiger partial charge in [-0.3, -0.25) is 19.6 Å². The number of nitrogens with zero attached hydrogens (tertiary/aromatic N) is 6. The van der Waals surface area contributed by atoms with Crippen LogP contribution in [0.1, 0.15) is 63.3 Å². The Balaban J connectivity index is 1.60. The van der Waals surface area contributed by atoms with Gasteiger partial charge >= 0.3 is 6.03 Å². The zero-order valence-corrected chi connectivity index (χ0v) is 34.0. The molecule has 290 valence electrons. The molecule has 1 fully saturated rings. The van der Waals surface area contributed by atoms with E-state index in [9.17, 15) is 13.2 Å². The third-order valence-electron chi connectivity index (χ3n) is 9.58. The number of piperazine rings is 1. The predicted molar refractivity (Wildman–Crippen MR) is 211 cm³/mol. The van der Waals surface area contributed by atoms with Crippen molar-refractivity contribution in [2.75, 3.05) is 52.9 Å². The molecule has 0 bridgehead atoms. The summed E-state index contributed by atoms with van der Waals surface area (Å²) >= 11 is 12.7. The van der Waals surface area contributed by atoms with E-state index in [1.54, 1.807) is 73.7 Å². The number of aryl methyl sites for hydroxylation is 1. The lowest BCUT2D eigenvalue weighted by molar-refractivity contribution is -0.131. The highest BCUT2D eigenvalue weighted by molar-refractivity contribution is 7.89. The normalized spacial score (nSPS) is 20.7. The van der Waals surface area contributed by atoms with E-state index in [4.69, 9.17) is 38.2 Å². The van der Waals surface area contributed by atoms with Crippen LogP contribution >= 0.6 is 23.2 Å². The van der Waals surface area contributed by atoms with Crippen LogP contribution < -0.4 is 9.46 Å². The minimum absolute atomic E-state index is 0.0581. The van der Waals surface area contributed by atoms with Gasteiger partial charge in [0.15, 0.2) is 0 Å². The molecule has 1 N–H and O–H groups in total. The first-order valence-corrected chi connectivity index (χ1v) is 20.4. The molecule has 5 rings (SSSR count). The molecule has 15 heteroatoms. The standard InChI is InChI=1S/C39H49Cl2N7O5S/c1-7-53-32-23-26(2)33(54(51,52)44-39(3,4)5)24-31(32)37-43-35(27-9-13-29(40)14-10-27)36(28-11-15-30(41)16-12-28)48(37)38(50)47-21-19-46(20-22-47)25-34(49)45(6)18-8-17-42/h9,11-16,23-24,27,35-36,44H,7-8,10,18-22,25H2,1-6H3/t27?,35-,36+/m0/s1. The van der Waals surface area contributed by atoms with Crippen molar-refractivity contribution in [3.05, 3.63) is 81.4 Å². The van der Waals surface area contributed by atoms with Gasteiger partial charge in [0.1, 0.15) is 11.6 Å². The molecule has 54 heavy (non-hydrogen) atoms. The molecular formula is C39H49Cl2N7O5S. The lowest BCUT2D eigenvalue weighted by atomic mass is 9.85. The molecule has 3 amide bonds. The molecule has 3 atom stereocenters. The third kappa shape index (κ3) is 9.65. The first-order valence-electron chi connectivity index (χ1n) is 18.1. The number of sulfonamides is 1. The second kappa shape index (κ2) is 17.3. The lowest BCUT2D eigenvalue weighted by Gasteiger charge is -2.39. The summed E-state index contributed by atoms with van der Waals surface area (Å²) in [5, 5.41) is 10.1. The van der Waals surface area contributed by atoms with E-state index < -0.39 is 27.6 Å². The maximum atomic E-state index is 15.1. The number of halogens is 2. The van der Waals surface area contributed by atoms with Gasteiger partial charge in [0.05, 0.1) is 48.2 Å². The number of hydrogen-bond acceptors (Lipinski definition) is 8. The van der Waals surface area contributed by atoms with Crippen LogP contribution in [0, 0.1) is 24.2 Å². The van der Waals surface area contributed by atoms with Crippen LogP contribution in [0.4, 0.5) is 4.79 Å². The monoisotopic (exact) mass is 797 g/mol. The zero-order chi connectivity index (χ0) is 39.4. The Morgan fingerprint density at radius 3 is 2.39 bits per heavy atom. The van der Waals surface area contributed by atoms with Crippen LogP contribution in [0.2, 0.25) is 5.02 Å². The Labute approximate surface area is 329 Å². The number of ether oxygens (including phenoxy) is 1. The highest BCUT2D eigenvalue weighted by Gasteiger charge is 2.47. The van der Waals surface area contributed by atoms with Crippen molar-refractivity contribution >= 4 is 51.0 Å². The number of urea groups is 1. The SMILES string of the molecule is CCOc1cc(C)c(S(=O)(=O)NC(C)(C)C)cc1C1=N[C@@H](C2C=CC(Cl)=CC2)[C@@H](c2ccc(Cl)cc2)N1C(=O)N1CCN(CC(=O)N(C)CCC#N)CC1. The topological polar surface area (TPSA) is 139 Å². The Kier molecular flexibility index (Phi) is 13.2. The fourth-order valence-electron chi connectivity index (χ4n) is 6.93. The smallest absolute Gasteiger partial charge is 0.326 e. The molecule has 2 aromatic rings. The van der Waals surface area contributed by atoms with E-state index in [0.29, 0.717) is 78.5 Å². The molecule has 1 unspecified atom stereocenters. The van der Waals surface area contributed by atoms with E-state index in [1.165, 1.54) is 0 Å². The van der Waals surface area contributed by atoms with Crippen molar-refractivity contribution in [2.45, 2.75) is 70.0 Å². The molecule has 2 aromatic carbocycles. The van der Waals surface area contributed by atoms with Gasteiger partial charge < -0.3 is 14.5 Å². The minimum atomic E-state index is -4.00. The first-order chi connectivity index (χ1) is 25.5. The highest BCUT2D eigenvalue weighted by Crippen LogP contribution is 2.43. The van der Waals surface area contributed by atoms with Gasteiger partial charge in [-0.1, -0.05) is 47.5 Å². The Morgan fingerprint density at radius 2 is 1.80 bits per heavy atom. The average molecular weight is 799 g/mol. The van der Waals surface area contributed by atoms with Gasteiger partial charge in [-0.05, 0) is 82.5 Å². The van der Waals surface area contributed by atoms with Crippen LogP contribution in [0.3, 0.4) is 0 Å². The summed E-state index contributed by atoms with van der Waals surface area (Å²) in [7, 11) is -2.32.